The fourth-order valence-electron chi connectivity index (χ4n) is 5.77. The van der Waals surface area contributed by atoms with Gasteiger partial charge >= 0.3 is 311 Å². The van der Waals surface area contributed by atoms with Gasteiger partial charge in [0.1, 0.15) is 0 Å². The molecule has 0 saturated carbocycles. The molecule has 3 aromatic carbocycles. The van der Waals surface area contributed by atoms with Crippen molar-refractivity contribution in [2.75, 3.05) is 21.7 Å². The number of halogens is 1. The number of carbonyl (C=O) groups excluding carboxylic acids is 3. The number of amides is 3. The second kappa shape index (κ2) is 17.4. The van der Waals surface area contributed by atoms with Crippen molar-refractivity contribution < 1.29 is 42.8 Å². The molecule has 0 atom stereocenters. The molecule has 0 aliphatic carbocycles. The van der Waals surface area contributed by atoms with Crippen molar-refractivity contribution in [3.63, 3.8) is 0 Å². The normalized spacial score (nSPS) is 11.1. The smallest absolute Gasteiger partial charge is 1.00 e. The van der Waals surface area contributed by atoms with Crippen molar-refractivity contribution in [1.82, 2.24) is 15.0 Å². The Labute approximate surface area is 332 Å². The van der Waals surface area contributed by atoms with E-state index >= 15 is 0 Å². The van der Waals surface area contributed by atoms with E-state index in [4.69, 9.17) is 15.0 Å². The third kappa shape index (κ3) is 9.51. The van der Waals surface area contributed by atoms with Crippen LogP contribution in [0.25, 0.3) is 0 Å². The van der Waals surface area contributed by atoms with Crippen LogP contribution in [-0.2, 0) is 34.0 Å². The number of hydrogen-bond donors (Lipinski definition) is 0. The molecular formula is C37H36IN7O3Se3. The molecule has 262 valence electrons. The van der Waals surface area contributed by atoms with Crippen molar-refractivity contribution in [1.29, 1.82) is 0 Å². The topological polar surface area (TPSA) is 99.6 Å². The van der Waals surface area contributed by atoms with Crippen LogP contribution in [0.5, 0.6) is 0 Å². The van der Waals surface area contributed by atoms with E-state index in [0.717, 1.165) is 48.2 Å². The van der Waals surface area contributed by atoms with Crippen LogP contribution in [0.3, 0.4) is 0 Å². The first-order valence-electron chi connectivity index (χ1n) is 15.8. The number of para-hydroxylation sites is 3. The van der Waals surface area contributed by atoms with Crippen LogP contribution in [0.1, 0.15) is 37.9 Å². The second-order valence-electron chi connectivity index (χ2n) is 12.0. The van der Waals surface area contributed by atoms with Gasteiger partial charge in [0.25, 0.3) is 0 Å². The first-order valence-corrected chi connectivity index (χ1v) is 21.4. The van der Waals surface area contributed by atoms with Crippen molar-refractivity contribution in [2.45, 2.75) is 40.4 Å². The molecule has 3 aromatic heterocycles. The molecule has 14 heteroatoms. The number of carbonyl (C=O) groups is 3. The van der Waals surface area contributed by atoms with Gasteiger partial charge in [-0.1, -0.05) is 0 Å². The maximum absolute atomic E-state index is 12.8. The van der Waals surface area contributed by atoms with Gasteiger partial charge < -0.3 is 24.0 Å². The largest absolute Gasteiger partial charge is 1.00 e. The Morgan fingerprint density at radius 3 is 1.00 bits per heavy atom. The van der Waals surface area contributed by atoms with Gasteiger partial charge in [0, 0.05) is 0 Å². The Hall–Kier alpha value is -3.45. The van der Waals surface area contributed by atoms with Crippen LogP contribution in [-0.4, -0.2) is 87.7 Å². The molecule has 0 N–H and O–H groups in total. The quantitative estimate of drug-likeness (QED) is 0.106. The van der Waals surface area contributed by atoms with Gasteiger partial charge in [-0.2, -0.15) is 0 Å². The van der Waals surface area contributed by atoms with Crippen LogP contribution in [0, 0.1) is 0 Å². The van der Waals surface area contributed by atoms with Gasteiger partial charge in [-0.15, -0.1) is 0 Å². The molecule has 0 fully saturated rings. The molecule has 0 aliphatic rings. The first-order chi connectivity index (χ1) is 24.1. The van der Waals surface area contributed by atoms with Gasteiger partial charge in [0.15, 0.2) is 0 Å². The zero-order valence-corrected chi connectivity index (χ0v) is 35.8. The van der Waals surface area contributed by atoms with E-state index in [0.29, 0.717) is 24.1 Å². The number of benzene rings is 3. The maximum atomic E-state index is 12.8. The fourth-order valence-corrected chi connectivity index (χ4v) is 11.3. The summed E-state index contributed by atoms with van der Waals surface area (Å²) in [5, 5.41) is 0. The average molecular weight is 991 g/mol. The second-order valence-corrected chi connectivity index (χ2v) is 17.3. The molecule has 51 heavy (non-hydrogen) atoms. The van der Waals surface area contributed by atoms with Crippen molar-refractivity contribution in [2.24, 2.45) is 0 Å². The van der Waals surface area contributed by atoms with Crippen LogP contribution in [0.4, 0.5) is 31.1 Å². The van der Waals surface area contributed by atoms with E-state index in [1.54, 1.807) is 35.5 Å². The zero-order chi connectivity index (χ0) is 35.3. The minimum atomic E-state index is -0.126. The summed E-state index contributed by atoms with van der Waals surface area (Å²) in [7, 11) is 2.17. The first kappa shape index (κ1) is 38.8. The number of nitrogens with zero attached hydrogens (tertiary/aromatic N) is 7. The van der Waals surface area contributed by atoms with Crippen LogP contribution >= 0.6 is 0 Å². The Morgan fingerprint density at radius 2 is 0.765 bits per heavy atom. The van der Waals surface area contributed by atoms with Crippen LogP contribution < -0.4 is 38.7 Å². The summed E-state index contributed by atoms with van der Waals surface area (Å²) in [6.07, 6.45) is 0. The summed E-state index contributed by atoms with van der Waals surface area (Å²) in [5.41, 5.74) is 5.14. The minimum absolute atomic E-state index is 0. The molecule has 10 nitrogen and oxygen atoms in total. The number of quaternary nitrogens is 1. The molecule has 0 aliphatic heterocycles. The van der Waals surface area contributed by atoms with Gasteiger partial charge in [0.05, 0.1) is 0 Å². The van der Waals surface area contributed by atoms with E-state index in [1.165, 1.54) is 0 Å². The summed E-state index contributed by atoms with van der Waals surface area (Å²) >= 11 is -0.378. The third-order valence-corrected chi connectivity index (χ3v) is 13.3. The summed E-state index contributed by atoms with van der Waals surface area (Å²) in [6, 6.07) is 28.8. The van der Waals surface area contributed by atoms with Crippen molar-refractivity contribution in [3.8, 4) is 0 Å². The van der Waals surface area contributed by atoms with Crippen LogP contribution in [0.2, 0.25) is 0 Å². The number of anilines is 6. The molecule has 3 amide bonds. The monoisotopic (exact) mass is 993 g/mol. The maximum Gasteiger partial charge on any atom is -1.00 e. The predicted octanol–water partition coefficient (Wildman–Crippen LogP) is 2.45. The Morgan fingerprint density at radius 1 is 0.510 bits per heavy atom. The van der Waals surface area contributed by atoms with Crippen molar-refractivity contribution >= 4 is 92.4 Å². The van der Waals surface area contributed by atoms with Gasteiger partial charge in [0.2, 0.25) is 0 Å². The third-order valence-electron chi connectivity index (χ3n) is 7.81. The van der Waals surface area contributed by atoms with Crippen molar-refractivity contribution in [3.05, 3.63) is 123 Å². The van der Waals surface area contributed by atoms with Gasteiger partial charge in [-0.25, -0.2) is 0 Å². The molecule has 6 rings (SSSR count). The molecule has 0 saturated heterocycles. The number of aromatic nitrogens is 3. The van der Waals surface area contributed by atoms with E-state index in [1.807, 2.05) is 91.0 Å². The van der Waals surface area contributed by atoms with E-state index < -0.39 is 0 Å². The Bertz CT molecular complexity index is 1850. The SMILES string of the molecule is CC(=O)N(c1ccccc1)c1nc(C[N+](C)(Cc2c[se]c(N(C(C)=O)c3ccccc3)n2)Cc2c[se]c(N(C(C)=O)c3ccccc3)n2)c[se]1.[I-]. The molecular weight excluding hydrogens is 954 g/mol. The number of rotatable bonds is 12. The number of hydrogen-bond acceptors (Lipinski definition) is 6. The van der Waals surface area contributed by atoms with E-state index in [-0.39, 0.29) is 85.2 Å². The summed E-state index contributed by atoms with van der Waals surface area (Å²) in [6.45, 7) is 6.45. The van der Waals surface area contributed by atoms with E-state index in [9.17, 15) is 14.4 Å². The Balaban J connectivity index is 0.00000504. The summed E-state index contributed by atoms with van der Waals surface area (Å²) < 4.78 is 2.78. The van der Waals surface area contributed by atoms with Gasteiger partial charge in [-0.3, -0.25) is 0 Å². The molecule has 3 heterocycles. The molecule has 0 bridgehead atoms. The summed E-state index contributed by atoms with van der Waals surface area (Å²) in [4.78, 5) is 65.0. The van der Waals surface area contributed by atoms with E-state index in [2.05, 4.69) is 21.9 Å². The molecule has 0 spiro atoms. The van der Waals surface area contributed by atoms with Gasteiger partial charge in [-0.05, 0) is 0 Å². The fraction of sp³-hybridized carbons (Fsp3) is 0.189. The standard InChI is InChI=1S/C37H36N7O3Se3.HI/c1-26(45)41(32-14-8-5-9-15-32)35-38-29(23-48-35)20-44(4,21-30-24-49-36(39-30)42(27(2)46)33-16-10-6-11-17-33)22-31-25-50-37(40-31)43(28(3)47)34-18-12-7-13-19-34;/h5-19,23-25H,20-22H2,1-4H3;1H/q+1;/p-1. The van der Waals surface area contributed by atoms with Crippen LogP contribution in [0.15, 0.2) is 106 Å². The molecule has 6 aromatic rings. The molecule has 0 radical (unpaired) electrons. The minimum Gasteiger partial charge on any atom is -1.00 e. The summed E-state index contributed by atoms with van der Waals surface area (Å²) in [5.74, 6) is -0.233. The zero-order valence-electron chi connectivity index (χ0n) is 28.5. The Kier molecular flexibility index (Phi) is 13.2. The predicted molar refractivity (Wildman–Crippen MR) is 199 cm³/mol. The molecule has 0 unspecified atom stereocenters. The average Bonchev–Trinajstić information content (AvgIpc) is 3.85.